The zero-order valence-electron chi connectivity index (χ0n) is 12.4. The first-order valence-electron chi connectivity index (χ1n) is 7.47. The maximum atomic E-state index is 11.9. The highest BCUT2D eigenvalue weighted by atomic mass is 35.5. The highest BCUT2D eigenvalue weighted by Crippen LogP contribution is 2.17. The molecule has 1 amide bonds. The van der Waals surface area contributed by atoms with Crippen molar-refractivity contribution in [2.45, 2.75) is 18.9 Å². The van der Waals surface area contributed by atoms with Crippen molar-refractivity contribution in [2.75, 3.05) is 26.2 Å². The molecule has 120 valence electrons. The molecule has 1 saturated heterocycles. The number of amides is 1. The fourth-order valence-electron chi connectivity index (χ4n) is 2.70. The summed E-state index contributed by atoms with van der Waals surface area (Å²) in [6.45, 7) is 2.97. The number of benzene rings is 1. The number of fused-ring (bicyclic) bond motifs is 1. The molecular formula is C16H22ClN3O2. The summed E-state index contributed by atoms with van der Waals surface area (Å²) in [4.78, 5) is 15.1. The Hall–Kier alpha value is -1.56. The lowest BCUT2D eigenvalue weighted by atomic mass is 10.1. The number of halogens is 1. The van der Waals surface area contributed by atoms with Crippen LogP contribution >= 0.6 is 12.4 Å². The average Bonchev–Trinajstić information content (AvgIpc) is 2.92. The topological polar surface area (TPSA) is 66.2 Å². The molecule has 1 aromatic carbocycles. The third-order valence-corrected chi connectivity index (χ3v) is 3.81. The molecule has 1 aromatic heterocycles. The molecule has 5 nitrogen and oxygen atoms in total. The number of carbonyl (C=O) groups is 1. The fourth-order valence-corrected chi connectivity index (χ4v) is 2.70. The first kappa shape index (κ1) is 16.8. The van der Waals surface area contributed by atoms with Crippen LogP contribution in [-0.2, 0) is 16.0 Å². The normalized spacial score (nSPS) is 17.9. The lowest BCUT2D eigenvalue weighted by Gasteiger charge is -2.23. The van der Waals surface area contributed by atoms with E-state index in [1.54, 1.807) is 0 Å². The Morgan fingerprint density at radius 2 is 2.23 bits per heavy atom. The molecule has 0 bridgehead atoms. The Morgan fingerprint density at radius 1 is 1.36 bits per heavy atom. The van der Waals surface area contributed by atoms with Crippen LogP contribution in [0.5, 0.6) is 0 Å². The molecule has 2 aromatic rings. The van der Waals surface area contributed by atoms with Crippen molar-refractivity contribution in [3.63, 3.8) is 0 Å². The van der Waals surface area contributed by atoms with Crippen LogP contribution in [-0.4, -0.2) is 43.2 Å². The number of hydrogen-bond acceptors (Lipinski definition) is 3. The zero-order valence-corrected chi connectivity index (χ0v) is 13.2. The summed E-state index contributed by atoms with van der Waals surface area (Å²) in [6.07, 6.45) is 3.29. The number of aromatic nitrogens is 1. The molecule has 1 aliphatic heterocycles. The van der Waals surface area contributed by atoms with Crippen molar-refractivity contribution in [3.05, 3.63) is 36.0 Å². The summed E-state index contributed by atoms with van der Waals surface area (Å²) < 4.78 is 5.53. The second-order valence-corrected chi connectivity index (χ2v) is 5.36. The number of morpholine rings is 1. The van der Waals surface area contributed by atoms with Gasteiger partial charge >= 0.3 is 0 Å². The van der Waals surface area contributed by atoms with Crippen molar-refractivity contribution in [1.29, 1.82) is 0 Å². The minimum atomic E-state index is 0. The molecule has 1 unspecified atom stereocenters. The maximum Gasteiger partial charge on any atom is 0.222 e. The van der Waals surface area contributed by atoms with Gasteiger partial charge in [-0.2, -0.15) is 0 Å². The van der Waals surface area contributed by atoms with Crippen LogP contribution in [0.1, 0.15) is 12.0 Å². The minimum absolute atomic E-state index is 0. The van der Waals surface area contributed by atoms with E-state index in [1.807, 2.05) is 18.3 Å². The van der Waals surface area contributed by atoms with E-state index in [0.717, 1.165) is 25.0 Å². The van der Waals surface area contributed by atoms with Gasteiger partial charge in [0.1, 0.15) is 0 Å². The molecular weight excluding hydrogens is 302 g/mol. The third-order valence-electron chi connectivity index (χ3n) is 3.81. The summed E-state index contributed by atoms with van der Waals surface area (Å²) >= 11 is 0. The predicted octanol–water partition coefficient (Wildman–Crippen LogP) is 1.63. The van der Waals surface area contributed by atoms with Gasteiger partial charge in [-0.15, -0.1) is 12.4 Å². The summed E-state index contributed by atoms with van der Waals surface area (Å²) in [5.74, 6) is 0.0588. The molecule has 3 rings (SSSR count). The first-order valence-corrected chi connectivity index (χ1v) is 7.47. The Balaban J connectivity index is 0.00000176. The van der Waals surface area contributed by atoms with Crippen LogP contribution in [0.25, 0.3) is 10.9 Å². The number of carbonyl (C=O) groups excluding carboxylic acids is 1. The largest absolute Gasteiger partial charge is 0.375 e. The van der Waals surface area contributed by atoms with Crippen molar-refractivity contribution in [2.24, 2.45) is 0 Å². The Bertz CT molecular complexity index is 608. The predicted molar refractivity (Wildman–Crippen MR) is 89.5 cm³/mol. The number of nitrogens with one attached hydrogen (secondary N) is 3. The number of rotatable bonds is 5. The van der Waals surface area contributed by atoms with Crippen LogP contribution in [0.2, 0.25) is 0 Å². The molecule has 1 aliphatic rings. The first-order chi connectivity index (χ1) is 10.3. The lowest BCUT2D eigenvalue weighted by Crippen LogP contribution is -2.41. The summed E-state index contributed by atoms with van der Waals surface area (Å²) in [5.41, 5.74) is 2.38. The van der Waals surface area contributed by atoms with E-state index < -0.39 is 0 Å². The minimum Gasteiger partial charge on any atom is -0.375 e. The van der Waals surface area contributed by atoms with E-state index in [4.69, 9.17) is 4.74 Å². The molecule has 2 heterocycles. The molecule has 3 N–H and O–H groups in total. The van der Waals surface area contributed by atoms with Gasteiger partial charge in [0.15, 0.2) is 0 Å². The van der Waals surface area contributed by atoms with Crippen LogP contribution in [0, 0.1) is 0 Å². The molecule has 0 spiro atoms. The molecule has 0 radical (unpaired) electrons. The highest BCUT2D eigenvalue weighted by molar-refractivity contribution is 5.85. The van der Waals surface area contributed by atoms with Crippen LogP contribution in [0.3, 0.4) is 0 Å². The molecule has 1 atom stereocenters. The number of aromatic amines is 1. The van der Waals surface area contributed by atoms with Gasteiger partial charge < -0.3 is 20.4 Å². The lowest BCUT2D eigenvalue weighted by molar-refractivity contribution is -0.124. The standard InChI is InChI=1S/C16H21N3O2.ClH/c20-16(9-13-11-17-7-8-21-13)18-6-5-12-10-19-15-4-2-1-3-14(12)15;/h1-4,10,13,17,19H,5-9,11H2,(H,18,20);1H. The van der Waals surface area contributed by atoms with Gasteiger partial charge in [0, 0.05) is 36.7 Å². The molecule has 0 aliphatic carbocycles. The number of hydrogen-bond donors (Lipinski definition) is 3. The summed E-state index contributed by atoms with van der Waals surface area (Å²) in [6, 6.07) is 8.21. The summed E-state index contributed by atoms with van der Waals surface area (Å²) in [7, 11) is 0. The summed E-state index contributed by atoms with van der Waals surface area (Å²) in [5, 5.41) is 7.43. The van der Waals surface area contributed by atoms with Crippen LogP contribution < -0.4 is 10.6 Å². The maximum absolute atomic E-state index is 11.9. The third kappa shape index (κ3) is 4.22. The Labute approximate surface area is 136 Å². The Morgan fingerprint density at radius 3 is 3.05 bits per heavy atom. The molecule has 1 fully saturated rings. The van der Waals surface area contributed by atoms with Gasteiger partial charge in [-0.3, -0.25) is 4.79 Å². The SMILES string of the molecule is Cl.O=C(CC1CNCCO1)NCCc1c[nH]c2ccccc12. The van der Waals surface area contributed by atoms with Gasteiger partial charge in [0.25, 0.3) is 0 Å². The second-order valence-electron chi connectivity index (χ2n) is 5.36. The van der Waals surface area contributed by atoms with Gasteiger partial charge in [0.2, 0.25) is 5.91 Å². The molecule has 0 saturated carbocycles. The van der Waals surface area contributed by atoms with E-state index in [0.29, 0.717) is 19.6 Å². The van der Waals surface area contributed by atoms with Crippen molar-refractivity contribution >= 4 is 29.2 Å². The average molecular weight is 324 g/mol. The van der Waals surface area contributed by atoms with E-state index in [9.17, 15) is 4.79 Å². The van der Waals surface area contributed by atoms with E-state index in [1.165, 1.54) is 10.9 Å². The fraction of sp³-hybridized carbons (Fsp3) is 0.438. The van der Waals surface area contributed by atoms with Gasteiger partial charge in [-0.1, -0.05) is 18.2 Å². The second kappa shape index (κ2) is 8.17. The van der Waals surface area contributed by atoms with E-state index >= 15 is 0 Å². The highest BCUT2D eigenvalue weighted by Gasteiger charge is 2.16. The van der Waals surface area contributed by atoms with E-state index in [2.05, 4.69) is 27.8 Å². The van der Waals surface area contributed by atoms with Gasteiger partial charge in [-0.05, 0) is 18.1 Å². The number of ether oxygens (including phenoxy) is 1. The quantitative estimate of drug-likeness (QED) is 0.783. The van der Waals surface area contributed by atoms with Gasteiger partial charge in [0.05, 0.1) is 19.1 Å². The zero-order chi connectivity index (χ0) is 14.5. The van der Waals surface area contributed by atoms with E-state index in [-0.39, 0.29) is 24.4 Å². The Kier molecular flexibility index (Phi) is 6.24. The monoisotopic (exact) mass is 323 g/mol. The molecule has 6 heteroatoms. The van der Waals surface area contributed by atoms with Crippen LogP contribution in [0.15, 0.2) is 30.5 Å². The van der Waals surface area contributed by atoms with Crippen LogP contribution in [0.4, 0.5) is 0 Å². The molecule has 22 heavy (non-hydrogen) atoms. The smallest absolute Gasteiger partial charge is 0.222 e. The van der Waals surface area contributed by atoms with Crippen molar-refractivity contribution in [1.82, 2.24) is 15.6 Å². The van der Waals surface area contributed by atoms with Gasteiger partial charge in [-0.25, -0.2) is 0 Å². The van der Waals surface area contributed by atoms with Crippen molar-refractivity contribution < 1.29 is 9.53 Å². The number of para-hydroxylation sites is 1. The number of H-pyrrole nitrogens is 1. The van der Waals surface area contributed by atoms with Crippen molar-refractivity contribution in [3.8, 4) is 0 Å².